The summed E-state index contributed by atoms with van der Waals surface area (Å²) in [5, 5.41) is 0.538. The van der Waals surface area contributed by atoms with Crippen LogP contribution in [-0.2, 0) is 11.3 Å². The Morgan fingerprint density at radius 2 is 1.82 bits per heavy atom. The van der Waals surface area contributed by atoms with E-state index in [0.717, 1.165) is 36.9 Å². The number of ether oxygens (including phenoxy) is 3. The number of piperidine rings is 1. The van der Waals surface area contributed by atoms with Gasteiger partial charge in [-0.15, -0.1) is 0 Å². The Labute approximate surface area is 268 Å². The molecule has 2 unspecified atom stereocenters. The molecule has 8 rings (SSSR count). The average Bonchev–Trinajstić information content (AvgIpc) is 3.62. The summed E-state index contributed by atoms with van der Waals surface area (Å²) in [6.07, 6.45) is 4.39. The fourth-order valence-electron chi connectivity index (χ4n) is 6.19. The highest BCUT2D eigenvalue weighted by Gasteiger charge is 2.46. The fourth-order valence-corrected chi connectivity index (χ4v) is 6.44. The van der Waals surface area contributed by atoms with Crippen LogP contribution in [0.1, 0.15) is 52.5 Å². The molecular weight excluding hydrogens is 592 g/mol. The second-order valence-corrected chi connectivity index (χ2v) is 14.0. The highest BCUT2D eigenvalue weighted by molar-refractivity contribution is 6.33. The average molecular weight is 631 g/mol. The summed E-state index contributed by atoms with van der Waals surface area (Å²) in [7, 11) is 0. The van der Waals surface area contributed by atoms with Crippen LogP contribution < -0.4 is 9.47 Å². The zero-order valence-electron chi connectivity index (χ0n) is 26.2. The van der Waals surface area contributed by atoms with Gasteiger partial charge in [0.05, 0.1) is 11.6 Å². The second kappa shape index (κ2) is 11.5. The number of rotatable bonds is 9. The first-order valence-electron chi connectivity index (χ1n) is 15.7. The third-order valence-electron chi connectivity index (χ3n) is 8.77. The molecule has 0 radical (unpaired) electrons. The minimum atomic E-state index is -0.489. The number of imidazole rings is 1. The second-order valence-electron chi connectivity index (χ2n) is 13.6. The molecule has 2 atom stereocenters. The van der Waals surface area contributed by atoms with Crippen molar-refractivity contribution >= 4 is 28.9 Å². The van der Waals surface area contributed by atoms with Crippen LogP contribution in [-0.4, -0.2) is 84.9 Å². The molecule has 2 bridgehead atoms. The standard InChI is InChI=1S/C34H39ClN6O4/c1-33(2,3)45-32(42)39-19-23-16-24(20-39)40(23)14-15-43-25-10-11-26(27(35)17-25)29-38-28-30(41(29)18-22-8-6-5-7-9-22)36-21-37-31(28)44-34(4)12-13-34/h5-11,17,21,23-24H,12-16,18-20H2,1-4H3. The number of carbonyl (C=O) groups excluding carboxylic acids is 1. The predicted octanol–water partition coefficient (Wildman–Crippen LogP) is 6.20. The Kier molecular flexibility index (Phi) is 7.60. The van der Waals surface area contributed by atoms with E-state index < -0.39 is 5.60 Å². The Morgan fingerprint density at radius 1 is 1.07 bits per heavy atom. The molecule has 1 aliphatic carbocycles. The van der Waals surface area contributed by atoms with Crippen LogP contribution in [0.5, 0.6) is 11.6 Å². The van der Waals surface area contributed by atoms with Crippen molar-refractivity contribution in [3.63, 3.8) is 0 Å². The number of fused-ring (bicyclic) bond motifs is 3. The zero-order chi connectivity index (χ0) is 31.3. The van der Waals surface area contributed by atoms with Crippen LogP contribution in [0.25, 0.3) is 22.6 Å². The van der Waals surface area contributed by atoms with Crippen molar-refractivity contribution in [2.24, 2.45) is 0 Å². The fraction of sp³-hybridized carbons (Fsp3) is 0.471. The van der Waals surface area contributed by atoms with Crippen LogP contribution in [0.15, 0.2) is 54.9 Å². The molecule has 11 heteroatoms. The molecule has 4 aliphatic rings. The third-order valence-corrected chi connectivity index (χ3v) is 9.09. The lowest BCUT2D eigenvalue weighted by atomic mass is 9.88. The van der Waals surface area contributed by atoms with E-state index in [4.69, 9.17) is 30.8 Å². The molecule has 0 spiro atoms. The van der Waals surface area contributed by atoms with E-state index in [9.17, 15) is 4.79 Å². The Hall–Kier alpha value is -3.89. The van der Waals surface area contributed by atoms with Crippen LogP contribution in [0.2, 0.25) is 5.02 Å². The molecule has 0 N–H and O–H groups in total. The summed E-state index contributed by atoms with van der Waals surface area (Å²) >= 11 is 6.91. The van der Waals surface area contributed by atoms with Gasteiger partial charge < -0.3 is 23.7 Å². The highest BCUT2D eigenvalue weighted by Crippen LogP contribution is 2.41. The molecule has 45 heavy (non-hydrogen) atoms. The zero-order valence-corrected chi connectivity index (χ0v) is 27.0. The number of halogens is 1. The number of amides is 1. The maximum absolute atomic E-state index is 12.5. The molecule has 236 valence electrons. The molecule has 5 heterocycles. The van der Waals surface area contributed by atoms with Gasteiger partial charge in [0.15, 0.2) is 11.2 Å². The van der Waals surface area contributed by atoms with Gasteiger partial charge in [0.2, 0.25) is 5.88 Å². The number of nitrogens with zero attached hydrogens (tertiary/aromatic N) is 6. The summed E-state index contributed by atoms with van der Waals surface area (Å²) in [4.78, 5) is 30.8. The molecule has 1 saturated carbocycles. The Balaban J connectivity index is 1.06. The lowest BCUT2D eigenvalue weighted by Crippen LogP contribution is -2.70. The van der Waals surface area contributed by atoms with Gasteiger partial charge in [-0.2, -0.15) is 4.98 Å². The van der Waals surface area contributed by atoms with Crippen molar-refractivity contribution in [2.75, 3.05) is 26.2 Å². The van der Waals surface area contributed by atoms with Gasteiger partial charge in [-0.3, -0.25) is 4.90 Å². The van der Waals surface area contributed by atoms with E-state index in [2.05, 4.69) is 38.5 Å². The number of aromatic nitrogens is 4. The van der Waals surface area contributed by atoms with E-state index >= 15 is 0 Å². The van der Waals surface area contributed by atoms with Crippen molar-refractivity contribution in [3.8, 4) is 23.0 Å². The van der Waals surface area contributed by atoms with E-state index in [1.165, 1.54) is 6.33 Å². The molecule has 2 aromatic heterocycles. The quantitative estimate of drug-likeness (QED) is 0.216. The maximum atomic E-state index is 12.5. The molecule has 3 saturated heterocycles. The van der Waals surface area contributed by atoms with Crippen LogP contribution >= 0.6 is 11.6 Å². The Bertz CT molecular complexity index is 1710. The number of hydrogen-bond donors (Lipinski definition) is 0. The highest BCUT2D eigenvalue weighted by atomic mass is 35.5. The molecule has 10 nitrogen and oxygen atoms in total. The first kappa shape index (κ1) is 29.8. The van der Waals surface area contributed by atoms with Crippen LogP contribution in [0.4, 0.5) is 4.79 Å². The number of benzene rings is 2. The van der Waals surface area contributed by atoms with Crippen molar-refractivity contribution in [1.29, 1.82) is 0 Å². The van der Waals surface area contributed by atoms with Crippen LogP contribution in [0, 0.1) is 0 Å². The minimum Gasteiger partial charge on any atom is -0.492 e. The normalized spacial score (nSPS) is 20.5. The summed E-state index contributed by atoms with van der Waals surface area (Å²) in [5.41, 5.74) is 2.53. The van der Waals surface area contributed by atoms with Crippen LogP contribution in [0.3, 0.4) is 0 Å². The van der Waals surface area contributed by atoms with Gasteiger partial charge in [0, 0.05) is 37.3 Å². The van der Waals surface area contributed by atoms with Gasteiger partial charge in [-0.1, -0.05) is 41.9 Å². The number of carbonyl (C=O) groups is 1. The van der Waals surface area contributed by atoms with E-state index in [1.807, 2.05) is 62.1 Å². The maximum Gasteiger partial charge on any atom is 0.410 e. The van der Waals surface area contributed by atoms with Gasteiger partial charge in [0.1, 0.15) is 35.7 Å². The minimum absolute atomic E-state index is 0.201. The molecule has 3 aliphatic heterocycles. The van der Waals surface area contributed by atoms with E-state index in [1.54, 1.807) is 0 Å². The molecular formula is C34H39ClN6O4. The van der Waals surface area contributed by atoms with Gasteiger partial charge in [-0.05, 0) is 70.7 Å². The van der Waals surface area contributed by atoms with Crippen molar-refractivity contribution in [2.45, 2.75) is 76.8 Å². The summed E-state index contributed by atoms with van der Waals surface area (Å²) < 4.78 is 20.1. The van der Waals surface area contributed by atoms with Gasteiger partial charge in [-0.25, -0.2) is 14.8 Å². The molecule has 4 fully saturated rings. The largest absolute Gasteiger partial charge is 0.492 e. The van der Waals surface area contributed by atoms with Crippen molar-refractivity contribution < 1.29 is 19.0 Å². The van der Waals surface area contributed by atoms with Crippen molar-refractivity contribution in [1.82, 2.24) is 29.3 Å². The third kappa shape index (κ3) is 6.31. The van der Waals surface area contributed by atoms with Gasteiger partial charge >= 0.3 is 6.09 Å². The molecule has 4 aromatic rings. The first-order valence-corrected chi connectivity index (χ1v) is 16.0. The van der Waals surface area contributed by atoms with E-state index in [-0.39, 0.29) is 11.7 Å². The lowest BCUT2D eigenvalue weighted by molar-refractivity contribution is -0.0768. The molecule has 1 amide bonds. The van der Waals surface area contributed by atoms with E-state index in [0.29, 0.717) is 72.0 Å². The molecule has 2 aromatic carbocycles. The monoisotopic (exact) mass is 630 g/mol. The summed E-state index contributed by atoms with van der Waals surface area (Å²) in [6, 6.07) is 16.6. The topological polar surface area (TPSA) is 94.8 Å². The SMILES string of the molecule is CC(C)(C)OC(=O)N1CC2CC(C1)N2CCOc1ccc(-c2nc3c(OC4(C)CC4)ncnc3n2Cc2ccccc2)c(Cl)c1. The smallest absolute Gasteiger partial charge is 0.410 e. The number of piperazine rings is 1. The summed E-state index contributed by atoms with van der Waals surface area (Å²) in [5.74, 6) is 1.88. The first-order chi connectivity index (χ1) is 21.6. The Morgan fingerprint density at radius 3 is 2.51 bits per heavy atom. The van der Waals surface area contributed by atoms with Gasteiger partial charge in [0.25, 0.3) is 0 Å². The summed E-state index contributed by atoms with van der Waals surface area (Å²) in [6.45, 7) is 11.0. The predicted molar refractivity (Wildman–Crippen MR) is 172 cm³/mol. The number of hydrogen-bond acceptors (Lipinski definition) is 8. The lowest BCUT2D eigenvalue weighted by Gasteiger charge is -2.56. The van der Waals surface area contributed by atoms with Crippen molar-refractivity contribution in [3.05, 3.63) is 65.4 Å².